The normalized spacial score (nSPS) is 10.8. The summed E-state index contributed by atoms with van der Waals surface area (Å²) in [5.74, 6) is 0.575. The van der Waals surface area contributed by atoms with Crippen molar-refractivity contribution in [3.63, 3.8) is 0 Å². The quantitative estimate of drug-likeness (QED) is 0.760. The SMILES string of the molecule is O=C(CCCc1ccc(F)cc1)NCc1ncc2ccccn12. The second kappa shape index (κ2) is 7.05. The Morgan fingerprint density at radius 2 is 2.00 bits per heavy atom. The molecule has 0 fully saturated rings. The zero-order chi connectivity index (χ0) is 16.1. The molecule has 0 spiro atoms. The summed E-state index contributed by atoms with van der Waals surface area (Å²) in [6.45, 7) is 0.410. The molecule has 1 amide bonds. The number of amides is 1. The highest BCUT2D eigenvalue weighted by Crippen LogP contribution is 2.08. The van der Waals surface area contributed by atoms with E-state index in [0.29, 0.717) is 13.0 Å². The van der Waals surface area contributed by atoms with Gasteiger partial charge in [0.25, 0.3) is 0 Å². The summed E-state index contributed by atoms with van der Waals surface area (Å²) >= 11 is 0. The molecule has 1 N–H and O–H groups in total. The zero-order valence-electron chi connectivity index (χ0n) is 12.7. The summed E-state index contributed by atoms with van der Waals surface area (Å²) in [5, 5.41) is 2.89. The van der Waals surface area contributed by atoms with Gasteiger partial charge in [0.2, 0.25) is 5.91 Å². The van der Waals surface area contributed by atoms with Gasteiger partial charge >= 0.3 is 0 Å². The van der Waals surface area contributed by atoms with Crippen molar-refractivity contribution < 1.29 is 9.18 Å². The third kappa shape index (κ3) is 3.94. The molecule has 1 aromatic carbocycles. The number of nitrogens with zero attached hydrogens (tertiary/aromatic N) is 2. The summed E-state index contributed by atoms with van der Waals surface area (Å²) in [6, 6.07) is 12.3. The first-order valence-electron chi connectivity index (χ1n) is 7.64. The third-order valence-electron chi connectivity index (χ3n) is 3.74. The minimum atomic E-state index is -0.238. The van der Waals surface area contributed by atoms with E-state index in [9.17, 15) is 9.18 Å². The minimum Gasteiger partial charge on any atom is -0.349 e. The number of benzene rings is 1. The molecule has 0 aliphatic heterocycles. The molecule has 3 aromatic rings. The number of pyridine rings is 1. The molecule has 0 bridgehead atoms. The van der Waals surface area contributed by atoms with Crippen molar-refractivity contribution >= 4 is 11.4 Å². The number of halogens is 1. The molecule has 0 radical (unpaired) electrons. The summed E-state index contributed by atoms with van der Waals surface area (Å²) in [4.78, 5) is 16.2. The summed E-state index contributed by atoms with van der Waals surface area (Å²) < 4.78 is 14.8. The molecule has 0 aliphatic carbocycles. The van der Waals surface area contributed by atoms with Crippen LogP contribution in [0.3, 0.4) is 0 Å². The molecule has 0 unspecified atom stereocenters. The maximum Gasteiger partial charge on any atom is 0.220 e. The molecule has 4 nitrogen and oxygen atoms in total. The maximum atomic E-state index is 12.8. The van der Waals surface area contributed by atoms with Gasteiger partial charge in [-0.1, -0.05) is 18.2 Å². The predicted molar refractivity (Wildman–Crippen MR) is 86.4 cm³/mol. The van der Waals surface area contributed by atoms with Gasteiger partial charge in [-0.15, -0.1) is 0 Å². The first-order valence-corrected chi connectivity index (χ1v) is 7.64. The number of hydrogen-bond acceptors (Lipinski definition) is 2. The Morgan fingerprint density at radius 1 is 1.17 bits per heavy atom. The van der Waals surface area contributed by atoms with Crippen LogP contribution >= 0.6 is 0 Å². The fourth-order valence-electron chi connectivity index (χ4n) is 2.50. The lowest BCUT2D eigenvalue weighted by Gasteiger charge is -2.05. The highest BCUT2D eigenvalue weighted by Gasteiger charge is 2.06. The smallest absolute Gasteiger partial charge is 0.220 e. The molecular weight excluding hydrogens is 293 g/mol. The van der Waals surface area contributed by atoms with Crippen LogP contribution in [0, 0.1) is 5.82 Å². The van der Waals surface area contributed by atoms with Gasteiger partial charge < -0.3 is 9.72 Å². The molecule has 0 atom stereocenters. The van der Waals surface area contributed by atoms with Crippen LogP contribution < -0.4 is 5.32 Å². The molecule has 2 aromatic heterocycles. The van der Waals surface area contributed by atoms with Gasteiger partial charge in [0.05, 0.1) is 18.3 Å². The lowest BCUT2D eigenvalue weighted by molar-refractivity contribution is -0.121. The molecule has 0 saturated carbocycles. The average molecular weight is 311 g/mol. The number of aryl methyl sites for hydroxylation is 1. The number of aromatic nitrogens is 2. The van der Waals surface area contributed by atoms with Crippen molar-refractivity contribution in [3.05, 3.63) is 72.1 Å². The second-order valence-electron chi connectivity index (χ2n) is 5.43. The van der Waals surface area contributed by atoms with Crippen molar-refractivity contribution in [2.45, 2.75) is 25.8 Å². The summed E-state index contributed by atoms with van der Waals surface area (Å²) in [5.41, 5.74) is 2.05. The van der Waals surface area contributed by atoms with Crippen molar-refractivity contribution in [3.8, 4) is 0 Å². The monoisotopic (exact) mass is 311 g/mol. The van der Waals surface area contributed by atoms with Gasteiger partial charge in [0.15, 0.2) is 0 Å². The highest BCUT2D eigenvalue weighted by molar-refractivity contribution is 5.75. The van der Waals surface area contributed by atoms with Gasteiger partial charge in [0.1, 0.15) is 11.6 Å². The zero-order valence-corrected chi connectivity index (χ0v) is 12.7. The molecule has 2 heterocycles. The van der Waals surface area contributed by atoms with E-state index in [1.807, 2.05) is 28.8 Å². The standard InChI is InChI=1S/C18H18FN3O/c19-15-9-7-14(8-10-15)4-3-6-18(23)21-13-17-20-12-16-5-1-2-11-22(16)17/h1-2,5,7-12H,3-4,6,13H2,(H,21,23). The maximum absolute atomic E-state index is 12.8. The largest absolute Gasteiger partial charge is 0.349 e. The number of nitrogens with one attached hydrogen (secondary N) is 1. The molecule has 0 aliphatic rings. The van der Waals surface area contributed by atoms with Crippen LogP contribution in [0.15, 0.2) is 54.9 Å². The lowest BCUT2D eigenvalue weighted by Crippen LogP contribution is -2.23. The van der Waals surface area contributed by atoms with E-state index in [2.05, 4.69) is 10.3 Å². The predicted octanol–water partition coefficient (Wildman–Crippen LogP) is 3.11. The van der Waals surface area contributed by atoms with Crippen LogP contribution in [0.4, 0.5) is 4.39 Å². The number of imidazole rings is 1. The Kier molecular flexibility index (Phi) is 4.66. The number of hydrogen-bond donors (Lipinski definition) is 1. The number of rotatable bonds is 6. The molecule has 3 rings (SSSR count). The van der Waals surface area contributed by atoms with Gasteiger partial charge in [-0.2, -0.15) is 0 Å². The Labute approximate surface area is 134 Å². The summed E-state index contributed by atoms with van der Waals surface area (Å²) in [7, 11) is 0. The molecule has 23 heavy (non-hydrogen) atoms. The van der Waals surface area contributed by atoms with E-state index in [0.717, 1.165) is 29.7 Å². The Balaban J connectivity index is 1.45. The number of carbonyl (C=O) groups is 1. The van der Waals surface area contributed by atoms with Crippen molar-refractivity contribution in [2.75, 3.05) is 0 Å². The van der Waals surface area contributed by atoms with Gasteiger partial charge in [0, 0.05) is 12.6 Å². The van der Waals surface area contributed by atoms with Gasteiger partial charge in [-0.3, -0.25) is 4.79 Å². The van der Waals surface area contributed by atoms with Gasteiger partial charge in [-0.05, 0) is 42.7 Å². The van der Waals surface area contributed by atoms with Crippen LogP contribution in [0.1, 0.15) is 24.2 Å². The van der Waals surface area contributed by atoms with E-state index < -0.39 is 0 Å². The molecule has 0 saturated heterocycles. The molecule has 118 valence electrons. The van der Waals surface area contributed by atoms with Crippen LogP contribution in [0.5, 0.6) is 0 Å². The molecular formula is C18H18FN3O. The Bertz CT molecular complexity index is 795. The number of fused-ring (bicyclic) bond motifs is 1. The van der Waals surface area contributed by atoms with Crippen molar-refractivity contribution in [1.82, 2.24) is 14.7 Å². The van der Waals surface area contributed by atoms with Gasteiger partial charge in [-0.25, -0.2) is 9.37 Å². The second-order valence-corrected chi connectivity index (χ2v) is 5.43. The molecule has 5 heteroatoms. The Hall–Kier alpha value is -2.69. The number of carbonyl (C=O) groups excluding carboxylic acids is 1. The van der Waals surface area contributed by atoms with Crippen LogP contribution in [0.25, 0.3) is 5.52 Å². The minimum absolute atomic E-state index is 0.000192. The lowest BCUT2D eigenvalue weighted by atomic mass is 10.1. The first-order chi connectivity index (χ1) is 11.2. The highest BCUT2D eigenvalue weighted by atomic mass is 19.1. The van der Waals surface area contributed by atoms with E-state index >= 15 is 0 Å². The first kappa shape index (κ1) is 15.2. The fourth-order valence-corrected chi connectivity index (χ4v) is 2.50. The summed E-state index contributed by atoms with van der Waals surface area (Å²) in [6.07, 6.45) is 5.66. The topological polar surface area (TPSA) is 46.4 Å². The van der Waals surface area contributed by atoms with Crippen molar-refractivity contribution in [2.24, 2.45) is 0 Å². The van der Waals surface area contributed by atoms with Crippen LogP contribution in [-0.4, -0.2) is 15.3 Å². The Morgan fingerprint density at radius 3 is 2.83 bits per heavy atom. The fraction of sp³-hybridized carbons (Fsp3) is 0.222. The van der Waals surface area contributed by atoms with E-state index in [4.69, 9.17) is 0 Å². The average Bonchev–Trinajstić information content (AvgIpc) is 2.98. The van der Waals surface area contributed by atoms with Crippen molar-refractivity contribution in [1.29, 1.82) is 0 Å². The van der Waals surface area contributed by atoms with E-state index in [1.165, 1.54) is 12.1 Å². The van der Waals surface area contributed by atoms with Crippen LogP contribution in [0.2, 0.25) is 0 Å². The van der Waals surface area contributed by atoms with Crippen LogP contribution in [-0.2, 0) is 17.8 Å². The third-order valence-corrected chi connectivity index (χ3v) is 3.74. The van der Waals surface area contributed by atoms with E-state index in [1.54, 1.807) is 18.3 Å². The van der Waals surface area contributed by atoms with E-state index in [-0.39, 0.29) is 11.7 Å².